The number of rotatable bonds is 5. The van der Waals surface area contributed by atoms with E-state index in [1.54, 1.807) is 17.4 Å². The molecule has 0 aromatic carbocycles. The monoisotopic (exact) mass is 210 g/mol. The van der Waals surface area contributed by atoms with Crippen molar-refractivity contribution in [3.63, 3.8) is 0 Å². The van der Waals surface area contributed by atoms with Gasteiger partial charge in [0.2, 0.25) is 5.91 Å². The van der Waals surface area contributed by atoms with Gasteiger partial charge in [0.05, 0.1) is 18.6 Å². The number of hydrogen-bond donors (Lipinski definition) is 1. The largest absolute Gasteiger partial charge is 0.472 e. The van der Waals surface area contributed by atoms with Gasteiger partial charge in [-0.25, -0.2) is 0 Å². The third kappa shape index (κ3) is 3.09. The molecule has 0 radical (unpaired) electrons. The van der Waals surface area contributed by atoms with E-state index in [1.165, 1.54) is 0 Å². The molecule has 4 heteroatoms. The van der Waals surface area contributed by atoms with Gasteiger partial charge in [0, 0.05) is 18.7 Å². The molecular formula is C11H18N2O2. The van der Waals surface area contributed by atoms with Crippen LogP contribution in [0.25, 0.3) is 0 Å². The summed E-state index contributed by atoms with van der Waals surface area (Å²) in [5, 5.41) is 0. The van der Waals surface area contributed by atoms with Crippen LogP contribution < -0.4 is 5.73 Å². The molecule has 4 nitrogen and oxygen atoms in total. The van der Waals surface area contributed by atoms with Gasteiger partial charge in [-0.3, -0.25) is 4.79 Å². The van der Waals surface area contributed by atoms with Crippen molar-refractivity contribution in [1.29, 1.82) is 0 Å². The molecule has 0 aliphatic rings. The van der Waals surface area contributed by atoms with Crippen molar-refractivity contribution in [2.24, 2.45) is 5.73 Å². The smallest absolute Gasteiger partial charge is 0.239 e. The van der Waals surface area contributed by atoms with Crippen molar-refractivity contribution in [1.82, 2.24) is 4.90 Å². The lowest BCUT2D eigenvalue weighted by Gasteiger charge is -2.23. The van der Waals surface area contributed by atoms with E-state index in [9.17, 15) is 4.79 Å². The summed E-state index contributed by atoms with van der Waals surface area (Å²) >= 11 is 0. The van der Waals surface area contributed by atoms with E-state index in [4.69, 9.17) is 10.2 Å². The summed E-state index contributed by atoms with van der Waals surface area (Å²) in [6, 6.07) is 1.46. The average molecular weight is 210 g/mol. The van der Waals surface area contributed by atoms with Gasteiger partial charge >= 0.3 is 0 Å². The molecule has 0 fully saturated rings. The lowest BCUT2D eigenvalue weighted by atomic mass is 10.2. The quantitative estimate of drug-likeness (QED) is 0.798. The fourth-order valence-electron chi connectivity index (χ4n) is 1.36. The summed E-state index contributed by atoms with van der Waals surface area (Å²) in [5.41, 5.74) is 6.70. The second-order valence-corrected chi connectivity index (χ2v) is 3.50. The minimum absolute atomic E-state index is 0.00111. The first kappa shape index (κ1) is 11.8. The standard InChI is InChI=1S/C11H18N2O2/c1-3-10(12)11(14)13(4-2)7-9-5-6-15-8-9/h5-6,8,10H,3-4,7,12H2,1-2H3/t10-/m0/s1. The van der Waals surface area contributed by atoms with E-state index >= 15 is 0 Å². The molecule has 15 heavy (non-hydrogen) atoms. The number of carbonyl (C=O) groups is 1. The SMILES string of the molecule is CC[C@H](N)C(=O)N(CC)Cc1ccoc1. The van der Waals surface area contributed by atoms with Gasteiger partial charge in [-0.15, -0.1) is 0 Å². The van der Waals surface area contributed by atoms with Crippen LogP contribution in [0.3, 0.4) is 0 Å². The molecule has 1 atom stereocenters. The van der Waals surface area contributed by atoms with E-state index in [0.717, 1.165) is 5.56 Å². The minimum atomic E-state index is -0.392. The Morgan fingerprint density at radius 2 is 2.33 bits per heavy atom. The van der Waals surface area contributed by atoms with Crippen LogP contribution in [0.15, 0.2) is 23.0 Å². The Kier molecular flexibility index (Phi) is 4.37. The van der Waals surface area contributed by atoms with E-state index in [-0.39, 0.29) is 5.91 Å². The van der Waals surface area contributed by atoms with E-state index < -0.39 is 6.04 Å². The fraction of sp³-hybridized carbons (Fsp3) is 0.545. The first-order valence-corrected chi connectivity index (χ1v) is 5.24. The topological polar surface area (TPSA) is 59.5 Å². The molecular weight excluding hydrogens is 192 g/mol. The van der Waals surface area contributed by atoms with E-state index in [2.05, 4.69) is 0 Å². The molecule has 1 aromatic rings. The molecule has 0 saturated heterocycles. The Labute approximate surface area is 90.0 Å². The number of nitrogens with zero attached hydrogens (tertiary/aromatic N) is 1. The predicted octanol–water partition coefficient (Wildman–Crippen LogP) is 1.37. The highest BCUT2D eigenvalue weighted by Crippen LogP contribution is 2.07. The maximum Gasteiger partial charge on any atom is 0.239 e. The Hall–Kier alpha value is -1.29. The molecule has 0 aliphatic heterocycles. The normalized spacial score (nSPS) is 12.5. The average Bonchev–Trinajstić information content (AvgIpc) is 2.76. The van der Waals surface area contributed by atoms with E-state index in [0.29, 0.717) is 19.5 Å². The second kappa shape index (κ2) is 5.56. The zero-order chi connectivity index (χ0) is 11.3. The van der Waals surface area contributed by atoms with Crippen LogP contribution >= 0.6 is 0 Å². The lowest BCUT2D eigenvalue weighted by Crippen LogP contribution is -2.42. The number of likely N-dealkylation sites (N-methyl/N-ethyl adjacent to an activating group) is 1. The van der Waals surface area contributed by atoms with Crippen molar-refractivity contribution < 1.29 is 9.21 Å². The molecule has 1 aromatic heterocycles. The van der Waals surface area contributed by atoms with Crippen molar-refractivity contribution in [3.05, 3.63) is 24.2 Å². The van der Waals surface area contributed by atoms with Crippen LogP contribution in [-0.2, 0) is 11.3 Å². The number of nitrogens with two attached hydrogens (primary N) is 1. The maximum absolute atomic E-state index is 11.8. The first-order valence-electron chi connectivity index (χ1n) is 5.24. The molecule has 0 spiro atoms. The van der Waals surface area contributed by atoms with Gasteiger partial charge in [-0.1, -0.05) is 6.92 Å². The third-order valence-electron chi connectivity index (χ3n) is 2.40. The summed E-state index contributed by atoms with van der Waals surface area (Å²) in [4.78, 5) is 13.5. The summed E-state index contributed by atoms with van der Waals surface area (Å²) in [7, 11) is 0. The van der Waals surface area contributed by atoms with Crippen LogP contribution in [0, 0.1) is 0 Å². The summed E-state index contributed by atoms with van der Waals surface area (Å²) in [6.45, 7) is 5.09. The summed E-state index contributed by atoms with van der Waals surface area (Å²) in [6.07, 6.45) is 3.92. The third-order valence-corrected chi connectivity index (χ3v) is 2.40. The van der Waals surface area contributed by atoms with Gasteiger partial charge in [-0.2, -0.15) is 0 Å². The van der Waals surface area contributed by atoms with Gasteiger partial charge < -0.3 is 15.1 Å². The number of furan rings is 1. The number of carbonyl (C=O) groups excluding carboxylic acids is 1. The number of hydrogen-bond acceptors (Lipinski definition) is 3. The highest BCUT2D eigenvalue weighted by molar-refractivity contribution is 5.81. The second-order valence-electron chi connectivity index (χ2n) is 3.50. The summed E-state index contributed by atoms with van der Waals surface area (Å²) in [5.74, 6) is 0.00111. The molecule has 1 amide bonds. The van der Waals surface area contributed by atoms with Crippen LogP contribution in [0.2, 0.25) is 0 Å². The number of amides is 1. The lowest BCUT2D eigenvalue weighted by molar-refractivity contribution is -0.133. The van der Waals surface area contributed by atoms with Crippen LogP contribution in [0.4, 0.5) is 0 Å². The molecule has 2 N–H and O–H groups in total. The molecule has 84 valence electrons. The Morgan fingerprint density at radius 3 is 2.80 bits per heavy atom. The van der Waals surface area contributed by atoms with Crippen molar-refractivity contribution in [2.75, 3.05) is 6.54 Å². The van der Waals surface area contributed by atoms with Crippen molar-refractivity contribution in [2.45, 2.75) is 32.9 Å². The van der Waals surface area contributed by atoms with Gasteiger partial charge in [-0.05, 0) is 19.4 Å². The molecule has 0 saturated carbocycles. The van der Waals surface area contributed by atoms with Gasteiger partial charge in [0.25, 0.3) is 0 Å². The molecule has 0 unspecified atom stereocenters. The molecule has 0 bridgehead atoms. The molecule has 1 rings (SSSR count). The minimum Gasteiger partial charge on any atom is -0.472 e. The predicted molar refractivity (Wildman–Crippen MR) is 58.1 cm³/mol. The molecule has 0 aliphatic carbocycles. The maximum atomic E-state index is 11.8. The van der Waals surface area contributed by atoms with Crippen LogP contribution in [-0.4, -0.2) is 23.4 Å². The van der Waals surface area contributed by atoms with Crippen molar-refractivity contribution in [3.8, 4) is 0 Å². The van der Waals surface area contributed by atoms with Gasteiger partial charge in [0.15, 0.2) is 0 Å². The van der Waals surface area contributed by atoms with Crippen molar-refractivity contribution >= 4 is 5.91 Å². The van der Waals surface area contributed by atoms with Crippen LogP contribution in [0.5, 0.6) is 0 Å². The Morgan fingerprint density at radius 1 is 1.60 bits per heavy atom. The fourth-order valence-corrected chi connectivity index (χ4v) is 1.36. The highest BCUT2D eigenvalue weighted by atomic mass is 16.3. The zero-order valence-corrected chi connectivity index (χ0v) is 9.27. The molecule has 1 heterocycles. The first-order chi connectivity index (χ1) is 7.19. The van der Waals surface area contributed by atoms with E-state index in [1.807, 2.05) is 19.9 Å². The summed E-state index contributed by atoms with van der Waals surface area (Å²) < 4.78 is 4.96. The van der Waals surface area contributed by atoms with Gasteiger partial charge in [0.1, 0.15) is 0 Å². The zero-order valence-electron chi connectivity index (χ0n) is 9.27. The Bertz CT molecular complexity index is 296. The van der Waals surface area contributed by atoms with Crippen LogP contribution in [0.1, 0.15) is 25.8 Å². The highest BCUT2D eigenvalue weighted by Gasteiger charge is 2.18. The Balaban J connectivity index is 2.60.